The van der Waals surface area contributed by atoms with Gasteiger partial charge in [-0.3, -0.25) is 0 Å². The van der Waals surface area contributed by atoms with Gasteiger partial charge in [0.2, 0.25) is 10.0 Å². The number of anilines is 2. The lowest BCUT2D eigenvalue weighted by Crippen LogP contribution is -2.39. The second kappa shape index (κ2) is 5.26. The molecule has 1 unspecified atom stereocenters. The van der Waals surface area contributed by atoms with Crippen molar-refractivity contribution in [3.8, 4) is 0 Å². The first-order valence-electron chi connectivity index (χ1n) is 6.90. The molecule has 0 aromatic heterocycles. The van der Waals surface area contributed by atoms with Crippen LogP contribution >= 0.6 is 0 Å². The fourth-order valence-corrected chi connectivity index (χ4v) is 3.55. The third kappa shape index (κ3) is 3.07. The van der Waals surface area contributed by atoms with Gasteiger partial charge in [0.05, 0.1) is 11.4 Å². The second-order valence-electron chi connectivity index (χ2n) is 6.19. The first-order valence-corrected chi connectivity index (χ1v) is 8.44. The van der Waals surface area contributed by atoms with E-state index in [1.165, 1.54) is 18.9 Å². The molecule has 1 aliphatic carbocycles. The maximum Gasteiger partial charge on any atom is 0.240 e. The van der Waals surface area contributed by atoms with Gasteiger partial charge in [0.15, 0.2) is 0 Å². The average Bonchev–Trinajstić information content (AvgIpc) is 2.32. The van der Waals surface area contributed by atoms with E-state index in [1.807, 2.05) is 0 Å². The van der Waals surface area contributed by atoms with Gasteiger partial charge in [-0.15, -0.1) is 0 Å². The van der Waals surface area contributed by atoms with Crippen LogP contribution in [0.25, 0.3) is 0 Å². The number of hydrogen-bond donors (Lipinski definition) is 3. The second-order valence-corrected chi connectivity index (χ2v) is 7.72. The number of para-hydroxylation sites is 1. The molecule has 1 aliphatic rings. The minimum Gasteiger partial charge on any atom is -0.396 e. The first-order chi connectivity index (χ1) is 9.22. The molecule has 1 saturated carbocycles. The monoisotopic (exact) mass is 297 g/mol. The molecule has 1 atom stereocenters. The van der Waals surface area contributed by atoms with Crippen LogP contribution in [0.3, 0.4) is 0 Å². The Morgan fingerprint density at radius 1 is 1.30 bits per heavy atom. The van der Waals surface area contributed by atoms with Crippen LogP contribution in [-0.2, 0) is 10.0 Å². The summed E-state index contributed by atoms with van der Waals surface area (Å²) in [5, 5.41) is 8.58. The quantitative estimate of drug-likeness (QED) is 0.745. The van der Waals surface area contributed by atoms with Gasteiger partial charge in [-0.25, -0.2) is 13.6 Å². The van der Waals surface area contributed by atoms with E-state index < -0.39 is 10.0 Å². The van der Waals surface area contributed by atoms with E-state index in [0.717, 1.165) is 12.8 Å². The summed E-state index contributed by atoms with van der Waals surface area (Å²) in [6.45, 7) is 4.45. The normalized spacial score (nSPS) is 22.4. The van der Waals surface area contributed by atoms with Gasteiger partial charge in [0.1, 0.15) is 4.90 Å². The third-order valence-corrected chi connectivity index (χ3v) is 5.18. The van der Waals surface area contributed by atoms with E-state index >= 15 is 0 Å². The standard InChI is InChI=1S/C14H23N3O2S/c1-14(2)9-4-3-8-12(14)17-10-6-5-7-11(13(10)15)20(16,18)19/h5-7,12,17H,3-4,8-9,15H2,1-2H3,(H2,16,18,19). The fraction of sp³-hybridized carbons (Fsp3) is 0.571. The van der Waals surface area contributed by atoms with Crippen molar-refractivity contribution in [3.63, 3.8) is 0 Å². The van der Waals surface area contributed by atoms with Crippen molar-refractivity contribution in [2.75, 3.05) is 11.1 Å². The molecule has 0 spiro atoms. The Bertz CT molecular complexity index is 596. The Morgan fingerprint density at radius 2 is 2.00 bits per heavy atom. The Morgan fingerprint density at radius 3 is 2.60 bits per heavy atom. The highest BCUT2D eigenvalue weighted by Gasteiger charge is 2.32. The summed E-state index contributed by atoms with van der Waals surface area (Å²) >= 11 is 0. The predicted octanol–water partition coefficient (Wildman–Crippen LogP) is 2.30. The van der Waals surface area contributed by atoms with Crippen molar-refractivity contribution in [2.24, 2.45) is 10.6 Å². The molecule has 2 rings (SSSR count). The highest BCUT2D eigenvalue weighted by Crippen LogP contribution is 2.38. The zero-order valence-electron chi connectivity index (χ0n) is 12.0. The van der Waals surface area contributed by atoms with Crippen LogP contribution < -0.4 is 16.2 Å². The van der Waals surface area contributed by atoms with E-state index in [1.54, 1.807) is 12.1 Å². The van der Waals surface area contributed by atoms with Gasteiger partial charge in [0.25, 0.3) is 0 Å². The van der Waals surface area contributed by atoms with Gasteiger partial charge < -0.3 is 11.1 Å². The van der Waals surface area contributed by atoms with Crippen LogP contribution in [0.2, 0.25) is 0 Å². The van der Waals surface area contributed by atoms with Crippen molar-refractivity contribution in [3.05, 3.63) is 18.2 Å². The molecular formula is C14H23N3O2S. The summed E-state index contributed by atoms with van der Waals surface area (Å²) in [4.78, 5) is -0.0175. The largest absolute Gasteiger partial charge is 0.396 e. The third-order valence-electron chi connectivity index (χ3n) is 4.21. The molecule has 20 heavy (non-hydrogen) atoms. The summed E-state index contributed by atoms with van der Waals surface area (Å²) in [5.41, 5.74) is 6.98. The number of rotatable bonds is 3. The van der Waals surface area contributed by atoms with Crippen molar-refractivity contribution < 1.29 is 8.42 Å². The molecule has 1 fully saturated rings. The van der Waals surface area contributed by atoms with Crippen LogP contribution in [0.15, 0.2) is 23.1 Å². The summed E-state index contributed by atoms with van der Waals surface area (Å²) in [6.07, 6.45) is 4.62. The van der Waals surface area contributed by atoms with E-state index in [4.69, 9.17) is 10.9 Å². The number of nitrogens with one attached hydrogen (secondary N) is 1. The molecule has 0 amide bonds. The highest BCUT2D eigenvalue weighted by molar-refractivity contribution is 7.89. The van der Waals surface area contributed by atoms with Crippen LogP contribution in [0, 0.1) is 5.41 Å². The molecule has 5 N–H and O–H groups in total. The maximum absolute atomic E-state index is 11.5. The number of benzene rings is 1. The molecule has 1 aromatic rings. The minimum absolute atomic E-state index is 0.0175. The van der Waals surface area contributed by atoms with E-state index in [9.17, 15) is 8.42 Å². The lowest BCUT2D eigenvalue weighted by molar-refractivity contribution is 0.217. The zero-order chi connectivity index (χ0) is 15.0. The Balaban J connectivity index is 2.31. The molecular weight excluding hydrogens is 274 g/mol. The van der Waals surface area contributed by atoms with Crippen molar-refractivity contribution in [1.82, 2.24) is 0 Å². The van der Waals surface area contributed by atoms with Gasteiger partial charge in [-0.2, -0.15) is 0 Å². The molecule has 1 aromatic carbocycles. The fourth-order valence-electron chi connectivity index (χ4n) is 2.87. The molecule has 0 radical (unpaired) electrons. The molecule has 0 heterocycles. The average molecular weight is 297 g/mol. The Kier molecular flexibility index (Phi) is 3.97. The SMILES string of the molecule is CC1(C)CCCCC1Nc1cccc(S(N)(=O)=O)c1N. The van der Waals surface area contributed by atoms with Crippen LogP contribution in [0.4, 0.5) is 11.4 Å². The Hall–Kier alpha value is -1.27. The van der Waals surface area contributed by atoms with E-state index in [2.05, 4.69) is 19.2 Å². The number of sulfonamides is 1. The molecule has 0 saturated heterocycles. The molecule has 112 valence electrons. The minimum atomic E-state index is -3.79. The predicted molar refractivity (Wildman–Crippen MR) is 81.9 cm³/mol. The number of nitrogen functional groups attached to an aromatic ring is 1. The lowest BCUT2D eigenvalue weighted by atomic mass is 9.73. The zero-order valence-corrected chi connectivity index (χ0v) is 12.8. The van der Waals surface area contributed by atoms with Crippen molar-refractivity contribution in [1.29, 1.82) is 0 Å². The van der Waals surface area contributed by atoms with Gasteiger partial charge in [0, 0.05) is 6.04 Å². The topological polar surface area (TPSA) is 98.2 Å². The number of hydrogen-bond acceptors (Lipinski definition) is 4. The summed E-state index contributed by atoms with van der Waals surface area (Å²) < 4.78 is 23.0. The van der Waals surface area contributed by atoms with E-state index in [0.29, 0.717) is 5.69 Å². The van der Waals surface area contributed by atoms with Crippen LogP contribution in [0.5, 0.6) is 0 Å². The van der Waals surface area contributed by atoms with Gasteiger partial charge in [-0.05, 0) is 30.4 Å². The summed E-state index contributed by atoms with van der Waals surface area (Å²) in [7, 11) is -3.79. The maximum atomic E-state index is 11.5. The molecule has 6 heteroatoms. The molecule has 0 bridgehead atoms. The number of nitrogens with two attached hydrogens (primary N) is 2. The molecule has 5 nitrogen and oxygen atoms in total. The smallest absolute Gasteiger partial charge is 0.240 e. The van der Waals surface area contributed by atoms with Gasteiger partial charge in [-0.1, -0.05) is 32.8 Å². The van der Waals surface area contributed by atoms with Crippen molar-refractivity contribution in [2.45, 2.75) is 50.5 Å². The number of primary sulfonamides is 1. The van der Waals surface area contributed by atoms with Crippen LogP contribution in [0.1, 0.15) is 39.5 Å². The molecule has 0 aliphatic heterocycles. The van der Waals surface area contributed by atoms with E-state index in [-0.39, 0.29) is 22.0 Å². The highest BCUT2D eigenvalue weighted by atomic mass is 32.2. The summed E-state index contributed by atoms with van der Waals surface area (Å²) in [5.74, 6) is 0. The van der Waals surface area contributed by atoms with Gasteiger partial charge >= 0.3 is 0 Å². The van der Waals surface area contributed by atoms with Crippen molar-refractivity contribution >= 4 is 21.4 Å². The Labute approximate surface area is 120 Å². The van der Waals surface area contributed by atoms with Crippen LogP contribution in [-0.4, -0.2) is 14.5 Å². The first kappa shape index (κ1) is 15.1. The lowest BCUT2D eigenvalue weighted by Gasteiger charge is -2.40. The summed E-state index contributed by atoms with van der Waals surface area (Å²) in [6, 6.07) is 5.18.